The highest BCUT2D eigenvalue weighted by atomic mass is 32.2. The normalized spacial score (nSPS) is 14.3. The molecule has 7 nitrogen and oxygen atoms in total. The highest BCUT2D eigenvalue weighted by molar-refractivity contribution is 7.90. The van der Waals surface area contributed by atoms with E-state index in [2.05, 4.69) is 11.8 Å². The number of fused-ring (bicyclic) bond motifs is 1. The Bertz CT molecular complexity index is 1390. The Morgan fingerprint density at radius 3 is 2.33 bits per heavy atom. The third-order valence-corrected chi connectivity index (χ3v) is 7.03. The van der Waals surface area contributed by atoms with Gasteiger partial charge < -0.3 is 5.11 Å². The predicted molar refractivity (Wildman–Crippen MR) is 123 cm³/mol. The van der Waals surface area contributed by atoms with E-state index in [4.69, 9.17) is 5.11 Å². The number of urea groups is 1. The van der Waals surface area contributed by atoms with E-state index in [9.17, 15) is 18.0 Å². The first-order valence-electron chi connectivity index (χ1n) is 10.1. The van der Waals surface area contributed by atoms with Crippen LogP contribution in [0.15, 0.2) is 77.7 Å². The Kier molecular flexibility index (Phi) is 5.90. The fourth-order valence-electron chi connectivity index (χ4n) is 3.48. The van der Waals surface area contributed by atoms with Crippen LogP contribution in [0.1, 0.15) is 27.0 Å². The molecule has 1 aliphatic heterocycles. The number of carboxylic acids is 1. The molecule has 0 radical (unpaired) electrons. The van der Waals surface area contributed by atoms with Gasteiger partial charge in [0.1, 0.15) is 4.90 Å². The number of hydrogen-bond donors (Lipinski definition) is 1. The number of sulfonamides is 1. The molecule has 0 aromatic heterocycles. The van der Waals surface area contributed by atoms with Gasteiger partial charge in [-0.25, -0.2) is 22.3 Å². The molecule has 0 saturated heterocycles. The lowest BCUT2D eigenvalue weighted by Crippen LogP contribution is -2.48. The summed E-state index contributed by atoms with van der Waals surface area (Å²) in [6.07, 6.45) is 0.529. The molecule has 3 aromatic rings. The summed E-state index contributed by atoms with van der Waals surface area (Å²) in [5.41, 5.74) is 2.44. The standard InChI is InChI=1S/C25H20N2O5S/c1-26-22-15-12-19(9-5-8-18-6-3-2-4-7-18)16-23(22)33(31,32)27(25(26)30)17-20-10-13-21(14-11-20)24(28)29/h2-4,6-7,10-16H,8,17H2,1H3,(H,28,29). The molecule has 1 N–H and O–H groups in total. The van der Waals surface area contributed by atoms with Gasteiger partial charge in [0.25, 0.3) is 10.0 Å². The van der Waals surface area contributed by atoms with Crippen LogP contribution in [0.3, 0.4) is 0 Å². The first kappa shape index (κ1) is 22.1. The van der Waals surface area contributed by atoms with Crippen molar-refractivity contribution in [3.05, 3.63) is 95.1 Å². The molecule has 3 aromatic carbocycles. The smallest absolute Gasteiger partial charge is 0.338 e. The molecule has 166 valence electrons. The van der Waals surface area contributed by atoms with Gasteiger partial charge in [-0.05, 0) is 41.5 Å². The van der Waals surface area contributed by atoms with Crippen LogP contribution < -0.4 is 4.90 Å². The van der Waals surface area contributed by atoms with Gasteiger partial charge in [-0.3, -0.25) is 4.90 Å². The maximum Gasteiger partial charge on any atom is 0.338 e. The fourth-order valence-corrected chi connectivity index (χ4v) is 5.11. The minimum absolute atomic E-state index is 0.00160. The van der Waals surface area contributed by atoms with Gasteiger partial charge in [0.05, 0.1) is 17.8 Å². The third-order valence-electron chi connectivity index (χ3n) is 5.28. The lowest BCUT2D eigenvalue weighted by molar-refractivity contribution is 0.0696. The van der Waals surface area contributed by atoms with E-state index in [-0.39, 0.29) is 22.7 Å². The van der Waals surface area contributed by atoms with Crippen LogP contribution in [0.5, 0.6) is 0 Å². The van der Waals surface area contributed by atoms with Crippen molar-refractivity contribution in [1.82, 2.24) is 4.31 Å². The molecule has 4 rings (SSSR count). The number of anilines is 1. The number of carbonyl (C=O) groups excluding carboxylic acids is 1. The zero-order chi connectivity index (χ0) is 23.6. The predicted octanol–water partition coefficient (Wildman–Crippen LogP) is 3.74. The molecule has 0 bridgehead atoms. The van der Waals surface area contributed by atoms with Crippen molar-refractivity contribution in [3.63, 3.8) is 0 Å². The number of benzene rings is 3. The van der Waals surface area contributed by atoms with Crippen LogP contribution in [0.4, 0.5) is 10.5 Å². The third kappa shape index (κ3) is 4.45. The number of carboxylic acid groups (broad SMARTS) is 1. The number of rotatable bonds is 4. The van der Waals surface area contributed by atoms with Gasteiger partial charge in [-0.1, -0.05) is 54.3 Å². The van der Waals surface area contributed by atoms with Gasteiger partial charge in [-0.2, -0.15) is 0 Å². The molecule has 1 heterocycles. The maximum atomic E-state index is 13.3. The molecule has 33 heavy (non-hydrogen) atoms. The molecule has 2 amide bonds. The van der Waals surface area contributed by atoms with Crippen molar-refractivity contribution < 1.29 is 23.1 Å². The zero-order valence-electron chi connectivity index (χ0n) is 17.7. The summed E-state index contributed by atoms with van der Waals surface area (Å²) in [5.74, 6) is 4.96. The molecule has 0 fully saturated rings. The highest BCUT2D eigenvalue weighted by Crippen LogP contribution is 2.35. The van der Waals surface area contributed by atoms with Crippen LogP contribution in [-0.4, -0.2) is 36.9 Å². The lowest BCUT2D eigenvalue weighted by Gasteiger charge is -2.34. The molecule has 0 unspecified atom stereocenters. The van der Waals surface area contributed by atoms with Crippen LogP contribution in [0.2, 0.25) is 0 Å². The molecule has 0 saturated carbocycles. The largest absolute Gasteiger partial charge is 0.478 e. The summed E-state index contributed by atoms with van der Waals surface area (Å²) in [7, 11) is -2.62. The van der Waals surface area contributed by atoms with Gasteiger partial charge in [0, 0.05) is 19.0 Å². The minimum atomic E-state index is -4.13. The summed E-state index contributed by atoms with van der Waals surface area (Å²) < 4.78 is 27.4. The molecular formula is C25H20N2O5S. The average Bonchev–Trinajstić information content (AvgIpc) is 2.81. The van der Waals surface area contributed by atoms with E-state index in [1.807, 2.05) is 30.3 Å². The Labute approximate surface area is 191 Å². The number of aromatic carboxylic acids is 1. The van der Waals surface area contributed by atoms with Crippen LogP contribution in [-0.2, 0) is 23.0 Å². The van der Waals surface area contributed by atoms with Gasteiger partial charge >= 0.3 is 12.0 Å². The topological polar surface area (TPSA) is 95.0 Å². The van der Waals surface area contributed by atoms with Crippen molar-refractivity contribution in [1.29, 1.82) is 0 Å². The van der Waals surface area contributed by atoms with E-state index in [0.717, 1.165) is 9.87 Å². The van der Waals surface area contributed by atoms with E-state index < -0.39 is 22.0 Å². The highest BCUT2D eigenvalue weighted by Gasteiger charge is 2.40. The van der Waals surface area contributed by atoms with Gasteiger partial charge in [0.15, 0.2) is 0 Å². The van der Waals surface area contributed by atoms with Gasteiger partial charge in [0.2, 0.25) is 0 Å². The summed E-state index contributed by atoms with van der Waals surface area (Å²) in [6.45, 7) is -0.214. The van der Waals surface area contributed by atoms with Crippen molar-refractivity contribution in [2.24, 2.45) is 0 Å². The van der Waals surface area contributed by atoms with E-state index in [1.165, 1.54) is 42.3 Å². The first-order chi connectivity index (χ1) is 15.8. The Morgan fingerprint density at radius 2 is 1.67 bits per heavy atom. The van der Waals surface area contributed by atoms with E-state index in [1.54, 1.807) is 12.1 Å². The van der Waals surface area contributed by atoms with Crippen molar-refractivity contribution in [2.75, 3.05) is 11.9 Å². The maximum absolute atomic E-state index is 13.3. The quantitative estimate of drug-likeness (QED) is 0.599. The molecule has 1 aliphatic rings. The lowest BCUT2D eigenvalue weighted by atomic mass is 10.1. The monoisotopic (exact) mass is 460 g/mol. The molecule has 0 aliphatic carbocycles. The van der Waals surface area contributed by atoms with E-state index >= 15 is 0 Å². The fraction of sp³-hybridized carbons (Fsp3) is 0.120. The summed E-state index contributed by atoms with van der Waals surface area (Å²) in [6, 6.07) is 19.5. The minimum Gasteiger partial charge on any atom is -0.478 e. The average molecular weight is 461 g/mol. The summed E-state index contributed by atoms with van der Waals surface area (Å²) >= 11 is 0. The van der Waals surface area contributed by atoms with E-state index in [0.29, 0.717) is 17.5 Å². The van der Waals surface area contributed by atoms with Crippen LogP contribution >= 0.6 is 0 Å². The van der Waals surface area contributed by atoms with Crippen molar-refractivity contribution in [2.45, 2.75) is 17.9 Å². The van der Waals surface area contributed by atoms with Crippen LogP contribution in [0.25, 0.3) is 0 Å². The number of amides is 2. The van der Waals surface area contributed by atoms with Crippen molar-refractivity contribution in [3.8, 4) is 11.8 Å². The van der Waals surface area contributed by atoms with Crippen LogP contribution in [0, 0.1) is 11.8 Å². The summed E-state index contributed by atoms with van der Waals surface area (Å²) in [4.78, 5) is 25.2. The Hall–Kier alpha value is -4.09. The van der Waals surface area contributed by atoms with Crippen molar-refractivity contribution >= 4 is 27.7 Å². The number of hydrogen-bond acceptors (Lipinski definition) is 4. The zero-order valence-corrected chi connectivity index (χ0v) is 18.5. The molecule has 0 atom stereocenters. The second kappa shape index (κ2) is 8.81. The second-order valence-corrected chi connectivity index (χ2v) is 9.33. The summed E-state index contributed by atoms with van der Waals surface area (Å²) in [5, 5.41) is 9.04. The molecule has 0 spiro atoms. The second-order valence-electron chi connectivity index (χ2n) is 7.50. The Balaban J connectivity index is 1.64. The van der Waals surface area contributed by atoms with Gasteiger partial charge in [-0.15, -0.1) is 0 Å². The molecular weight excluding hydrogens is 440 g/mol. The number of carbonyl (C=O) groups is 2. The number of nitrogens with zero attached hydrogens (tertiary/aromatic N) is 2. The Morgan fingerprint density at radius 1 is 0.970 bits per heavy atom. The molecule has 8 heteroatoms. The SMILES string of the molecule is CN1C(=O)N(Cc2ccc(C(=O)O)cc2)S(=O)(=O)c2cc(C#CCc3ccccc3)ccc21. The first-order valence-corrected chi connectivity index (χ1v) is 11.5.